The number of rotatable bonds is 2. The SMILES string of the molecule is Cc1ccccc1C(=O)C(C)(C)O. The molecule has 1 rings (SSSR count). The summed E-state index contributed by atoms with van der Waals surface area (Å²) in [6.07, 6.45) is 0. The molecule has 70 valence electrons. The average molecular weight is 178 g/mol. The van der Waals surface area contributed by atoms with E-state index in [1.54, 1.807) is 12.1 Å². The van der Waals surface area contributed by atoms with Gasteiger partial charge in [-0.15, -0.1) is 0 Å². The van der Waals surface area contributed by atoms with E-state index < -0.39 is 5.60 Å². The van der Waals surface area contributed by atoms with Crippen molar-refractivity contribution in [2.45, 2.75) is 26.4 Å². The van der Waals surface area contributed by atoms with Gasteiger partial charge in [0.2, 0.25) is 0 Å². The molecular formula is C11H14O2. The molecule has 0 amide bonds. The maximum atomic E-state index is 11.6. The van der Waals surface area contributed by atoms with E-state index in [0.29, 0.717) is 5.56 Å². The molecule has 0 fully saturated rings. The number of hydrogen-bond acceptors (Lipinski definition) is 2. The zero-order chi connectivity index (χ0) is 10.1. The van der Waals surface area contributed by atoms with Crippen LogP contribution in [0.15, 0.2) is 24.3 Å². The quantitative estimate of drug-likeness (QED) is 0.703. The number of Topliss-reactive ketones (excluding diaryl/α,β-unsaturated/α-hetero) is 1. The summed E-state index contributed by atoms with van der Waals surface area (Å²) in [7, 11) is 0. The number of benzene rings is 1. The topological polar surface area (TPSA) is 37.3 Å². The molecule has 0 aliphatic heterocycles. The van der Waals surface area contributed by atoms with Gasteiger partial charge in [-0.2, -0.15) is 0 Å². The van der Waals surface area contributed by atoms with Crippen LogP contribution in [0.25, 0.3) is 0 Å². The maximum absolute atomic E-state index is 11.6. The van der Waals surface area contributed by atoms with Crippen LogP contribution >= 0.6 is 0 Å². The molecule has 2 nitrogen and oxygen atoms in total. The molecule has 0 heterocycles. The lowest BCUT2D eigenvalue weighted by Gasteiger charge is -2.16. The van der Waals surface area contributed by atoms with Gasteiger partial charge in [-0.25, -0.2) is 0 Å². The molecule has 0 aliphatic carbocycles. The van der Waals surface area contributed by atoms with Crippen molar-refractivity contribution in [3.8, 4) is 0 Å². The predicted octanol–water partition coefficient (Wildman–Crippen LogP) is 1.95. The fourth-order valence-corrected chi connectivity index (χ4v) is 1.16. The number of aryl methyl sites for hydroxylation is 1. The fourth-order valence-electron chi connectivity index (χ4n) is 1.16. The normalized spacial score (nSPS) is 11.4. The molecule has 1 N–H and O–H groups in total. The monoisotopic (exact) mass is 178 g/mol. The van der Waals surface area contributed by atoms with Crippen molar-refractivity contribution in [2.24, 2.45) is 0 Å². The minimum Gasteiger partial charge on any atom is -0.382 e. The third kappa shape index (κ3) is 2.16. The van der Waals surface area contributed by atoms with E-state index in [4.69, 9.17) is 0 Å². The third-order valence-corrected chi connectivity index (χ3v) is 1.95. The number of aliphatic hydroxyl groups is 1. The van der Waals surface area contributed by atoms with Crippen LogP contribution in [0.2, 0.25) is 0 Å². The van der Waals surface area contributed by atoms with Crippen LogP contribution in [0, 0.1) is 6.92 Å². The first-order valence-electron chi connectivity index (χ1n) is 4.26. The molecule has 13 heavy (non-hydrogen) atoms. The maximum Gasteiger partial charge on any atom is 0.194 e. The summed E-state index contributed by atoms with van der Waals surface area (Å²) in [5.41, 5.74) is 0.205. The molecule has 0 bridgehead atoms. The largest absolute Gasteiger partial charge is 0.382 e. The molecule has 0 radical (unpaired) electrons. The first-order chi connectivity index (χ1) is 5.93. The van der Waals surface area contributed by atoms with Gasteiger partial charge in [0.1, 0.15) is 5.60 Å². The van der Waals surface area contributed by atoms with E-state index in [2.05, 4.69) is 0 Å². The van der Waals surface area contributed by atoms with Crippen molar-refractivity contribution in [2.75, 3.05) is 0 Å². The summed E-state index contributed by atoms with van der Waals surface area (Å²) < 4.78 is 0. The van der Waals surface area contributed by atoms with Crippen molar-refractivity contribution < 1.29 is 9.90 Å². The number of hydrogen-bond donors (Lipinski definition) is 1. The van der Waals surface area contributed by atoms with Crippen LogP contribution in [-0.2, 0) is 0 Å². The average Bonchev–Trinajstić information content (AvgIpc) is 2.02. The summed E-state index contributed by atoms with van der Waals surface area (Å²) in [5.74, 6) is -0.231. The van der Waals surface area contributed by atoms with Crippen LogP contribution in [0.1, 0.15) is 29.8 Å². The van der Waals surface area contributed by atoms with Crippen molar-refractivity contribution in [3.05, 3.63) is 35.4 Å². The Kier molecular flexibility index (Phi) is 2.52. The van der Waals surface area contributed by atoms with Crippen molar-refractivity contribution in [3.63, 3.8) is 0 Å². The fraction of sp³-hybridized carbons (Fsp3) is 0.364. The Morgan fingerprint density at radius 3 is 2.31 bits per heavy atom. The second-order valence-corrected chi connectivity index (χ2v) is 3.70. The first-order valence-corrected chi connectivity index (χ1v) is 4.26. The molecule has 0 saturated carbocycles. The van der Waals surface area contributed by atoms with Crippen LogP contribution in [0.3, 0.4) is 0 Å². The Hall–Kier alpha value is -1.15. The van der Waals surface area contributed by atoms with Gasteiger partial charge in [0, 0.05) is 5.56 Å². The van der Waals surface area contributed by atoms with Crippen LogP contribution < -0.4 is 0 Å². The highest BCUT2D eigenvalue weighted by Gasteiger charge is 2.25. The van der Waals surface area contributed by atoms with Gasteiger partial charge in [0.25, 0.3) is 0 Å². The minimum absolute atomic E-state index is 0.231. The highest BCUT2D eigenvalue weighted by molar-refractivity contribution is 6.02. The highest BCUT2D eigenvalue weighted by Crippen LogP contribution is 2.15. The second-order valence-electron chi connectivity index (χ2n) is 3.70. The molecule has 1 aromatic carbocycles. The number of carbonyl (C=O) groups is 1. The van der Waals surface area contributed by atoms with Gasteiger partial charge in [-0.05, 0) is 26.3 Å². The van der Waals surface area contributed by atoms with Crippen molar-refractivity contribution >= 4 is 5.78 Å². The lowest BCUT2D eigenvalue weighted by atomic mass is 9.94. The summed E-state index contributed by atoms with van der Waals surface area (Å²) >= 11 is 0. The van der Waals surface area contributed by atoms with E-state index in [1.807, 2.05) is 19.1 Å². The Morgan fingerprint density at radius 1 is 1.31 bits per heavy atom. The Balaban J connectivity index is 3.10. The summed E-state index contributed by atoms with van der Waals surface area (Å²) in [5, 5.41) is 9.51. The van der Waals surface area contributed by atoms with Gasteiger partial charge in [0.15, 0.2) is 5.78 Å². The Morgan fingerprint density at radius 2 is 1.85 bits per heavy atom. The molecule has 2 heteroatoms. The van der Waals surface area contributed by atoms with E-state index in [9.17, 15) is 9.90 Å². The van der Waals surface area contributed by atoms with E-state index >= 15 is 0 Å². The smallest absolute Gasteiger partial charge is 0.194 e. The molecule has 0 aromatic heterocycles. The van der Waals surface area contributed by atoms with Gasteiger partial charge < -0.3 is 5.11 Å². The van der Waals surface area contributed by atoms with Crippen LogP contribution in [0.5, 0.6) is 0 Å². The molecule has 0 saturated heterocycles. The van der Waals surface area contributed by atoms with Gasteiger partial charge in [0.05, 0.1) is 0 Å². The molecule has 1 aromatic rings. The predicted molar refractivity (Wildman–Crippen MR) is 51.8 cm³/mol. The highest BCUT2D eigenvalue weighted by atomic mass is 16.3. The Labute approximate surface area is 78.2 Å². The zero-order valence-corrected chi connectivity index (χ0v) is 8.16. The molecular weight excluding hydrogens is 164 g/mol. The first kappa shape index (κ1) is 9.93. The molecule has 0 unspecified atom stereocenters. The van der Waals surface area contributed by atoms with E-state index in [-0.39, 0.29) is 5.78 Å². The molecule has 0 atom stereocenters. The van der Waals surface area contributed by atoms with Gasteiger partial charge in [-0.1, -0.05) is 24.3 Å². The third-order valence-electron chi connectivity index (χ3n) is 1.95. The zero-order valence-electron chi connectivity index (χ0n) is 8.16. The summed E-state index contributed by atoms with van der Waals surface area (Å²) in [4.78, 5) is 11.6. The van der Waals surface area contributed by atoms with Crippen LogP contribution in [-0.4, -0.2) is 16.5 Å². The second kappa shape index (κ2) is 3.30. The molecule has 0 aliphatic rings. The molecule has 0 spiro atoms. The van der Waals surface area contributed by atoms with Crippen LogP contribution in [0.4, 0.5) is 0 Å². The van der Waals surface area contributed by atoms with E-state index in [0.717, 1.165) is 5.56 Å². The van der Waals surface area contributed by atoms with Gasteiger partial charge in [-0.3, -0.25) is 4.79 Å². The number of carbonyl (C=O) groups excluding carboxylic acids is 1. The van der Waals surface area contributed by atoms with Gasteiger partial charge >= 0.3 is 0 Å². The summed E-state index contributed by atoms with van der Waals surface area (Å²) in [6.45, 7) is 4.86. The lowest BCUT2D eigenvalue weighted by molar-refractivity contribution is 0.0487. The standard InChI is InChI=1S/C11H14O2/c1-8-6-4-5-7-9(8)10(12)11(2,3)13/h4-7,13H,1-3H3. The number of ketones is 1. The lowest BCUT2D eigenvalue weighted by Crippen LogP contribution is -2.31. The van der Waals surface area contributed by atoms with E-state index in [1.165, 1.54) is 13.8 Å². The van der Waals surface area contributed by atoms with Crippen molar-refractivity contribution in [1.82, 2.24) is 0 Å². The summed E-state index contributed by atoms with van der Waals surface area (Å²) in [6, 6.07) is 7.26. The Bertz CT molecular complexity index is 321. The van der Waals surface area contributed by atoms with Crippen molar-refractivity contribution in [1.29, 1.82) is 0 Å². The minimum atomic E-state index is -1.29.